The van der Waals surface area contributed by atoms with Crippen LogP contribution in [0.5, 0.6) is 0 Å². The van der Waals surface area contributed by atoms with E-state index in [-0.39, 0.29) is 11.9 Å². The summed E-state index contributed by atoms with van der Waals surface area (Å²) in [7, 11) is 1.41. The molecule has 24 heavy (non-hydrogen) atoms. The third-order valence-corrected chi connectivity index (χ3v) is 5.98. The van der Waals surface area contributed by atoms with Crippen molar-refractivity contribution in [1.82, 2.24) is 0 Å². The molecule has 0 aliphatic heterocycles. The average Bonchev–Trinajstić information content (AvgIpc) is 2.68. The SMILES string of the molecule is OCC(SS)C(c1ccccc1)(c1ccccc1)c1ccccc1. The van der Waals surface area contributed by atoms with Gasteiger partial charge in [0.1, 0.15) is 0 Å². The lowest BCUT2D eigenvalue weighted by Gasteiger charge is -2.41. The fourth-order valence-corrected chi connectivity index (χ4v) is 4.72. The number of aliphatic hydroxyl groups is 1. The first-order valence-corrected chi connectivity index (χ1v) is 9.85. The highest BCUT2D eigenvalue weighted by molar-refractivity contribution is 8.68. The maximum absolute atomic E-state index is 10.2. The summed E-state index contributed by atoms with van der Waals surface area (Å²) in [4.78, 5) is 0. The van der Waals surface area contributed by atoms with Gasteiger partial charge in [0.25, 0.3) is 0 Å². The molecular weight excluding hydrogens is 332 g/mol. The van der Waals surface area contributed by atoms with Gasteiger partial charge in [-0.2, -0.15) is 0 Å². The molecule has 0 aliphatic carbocycles. The zero-order chi connectivity index (χ0) is 16.8. The third kappa shape index (κ3) is 3.00. The highest BCUT2D eigenvalue weighted by atomic mass is 33.1. The van der Waals surface area contributed by atoms with Crippen molar-refractivity contribution in [3.8, 4) is 0 Å². The number of benzene rings is 3. The molecule has 0 saturated carbocycles. The van der Waals surface area contributed by atoms with Gasteiger partial charge in [0.15, 0.2) is 0 Å². The van der Waals surface area contributed by atoms with Gasteiger partial charge in [0.2, 0.25) is 0 Å². The lowest BCUT2D eigenvalue weighted by atomic mass is 9.67. The van der Waals surface area contributed by atoms with Crippen molar-refractivity contribution in [3.63, 3.8) is 0 Å². The van der Waals surface area contributed by atoms with E-state index in [9.17, 15) is 5.11 Å². The smallest absolute Gasteiger partial charge is 0.0600 e. The van der Waals surface area contributed by atoms with Crippen molar-refractivity contribution < 1.29 is 5.11 Å². The van der Waals surface area contributed by atoms with Crippen LogP contribution in [0.25, 0.3) is 0 Å². The quantitative estimate of drug-likeness (QED) is 0.371. The van der Waals surface area contributed by atoms with Crippen molar-refractivity contribution >= 4 is 22.5 Å². The second-order valence-electron chi connectivity index (χ2n) is 5.68. The number of aliphatic hydroxyl groups excluding tert-OH is 1. The third-order valence-electron chi connectivity index (χ3n) is 4.46. The number of rotatable bonds is 6. The van der Waals surface area contributed by atoms with E-state index in [1.807, 2.05) is 54.6 Å². The van der Waals surface area contributed by atoms with Gasteiger partial charge in [-0.05, 0) is 16.7 Å². The Morgan fingerprint density at radius 2 is 1.04 bits per heavy atom. The van der Waals surface area contributed by atoms with E-state index in [2.05, 4.69) is 48.1 Å². The Labute approximate surface area is 152 Å². The van der Waals surface area contributed by atoms with Crippen LogP contribution in [-0.4, -0.2) is 17.0 Å². The summed E-state index contributed by atoms with van der Waals surface area (Å²) in [5, 5.41) is 10.1. The summed E-state index contributed by atoms with van der Waals surface area (Å²) in [6.45, 7) is 0.0346. The highest BCUT2D eigenvalue weighted by Gasteiger charge is 2.43. The molecule has 1 atom stereocenters. The van der Waals surface area contributed by atoms with Crippen LogP contribution in [0.2, 0.25) is 0 Å². The number of hydrogen-bond donors (Lipinski definition) is 2. The van der Waals surface area contributed by atoms with Gasteiger partial charge in [0.05, 0.1) is 17.3 Å². The Hall–Kier alpha value is -1.68. The van der Waals surface area contributed by atoms with Crippen molar-refractivity contribution in [2.75, 3.05) is 6.61 Å². The second kappa shape index (κ2) is 7.93. The van der Waals surface area contributed by atoms with Crippen LogP contribution >= 0.6 is 22.5 Å². The molecule has 0 heterocycles. The monoisotopic (exact) mass is 352 g/mol. The van der Waals surface area contributed by atoms with E-state index in [4.69, 9.17) is 0 Å². The summed E-state index contributed by atoms with van der Waals surface area (Å²) in [6, 6.07) is 31.1. The molecule has 1 unspecified atom stereocenters. The van der Waals surface area contributed by atoms with Crippen molar-refractivity contribution in [3.05, 3.63) is 108 Å². The predicted octanol–water partition coefficient (Wildman–Crippen LogP) is 4.96. The van der Waals surface area contributed by atoms with Crippen LogP contribution in [-0.2, 0) is 5.41 Å². The van der Waals surface area contributed by atoms with E-state index in [1.54, 1.807) is 0 Å². The molecule has 3 rings (SSSR count). The predicted molar refractivity (Wildman–Crippen MR) is 107 cm³/mol. The van der Waals surface area contributed by atoms with E-state index < -0.39 is 5.41 Å². The minimum Gasteiger partial charge on any atom is -0.395 e. The normalized spacial score (nSPS) is 12.8. The summed E-state index contributed by atoms with van der Waals surface area (Å²) >= 11 is 4.50. The molecule has 3 heteroatoms. The average molecular weight is 353 g/mol. The molecular formula is C21H20OS2. The largest absolute Gasteiger partial charge is 0.395 e. The van der Waals surface area contributed by atoms with Crippen molar-refractivity contribution in [2.45, 2.75) is 10.7 Å². The van der Waals surface area contributed by atoms with E-state index in [0.29, 0.717) is 0 Å². The zero-order valence-electron chi connectivity index (χ0n) is 13.2. The Morgan fingerprint density at radius 3 is 1.29 bits per heavy atom. The lowest BCUT2D eigenvalue weighted by Crippen LogP contribution is -2.41. The summed E-state index contributed by atoms with van der Waals surface area (Å²) in [5.74, 6) is 0. The highest BCUT2D eigenvalue weighted by Crippen LogP contribution is 2.47. The fraction of sp³-hybridized carbons (Fsp3) is 0.143. The Balaban J connectivity index is 2.37. The second-order valence-corrected chi connectivity index (χ2v) is 7.10. The molecule has 1 nitrogen and oxygen atoms in total. The standard InChI is InChI=1S/C21H20OS2/c22-16-20(24-23)21(17-10-4-1-5-11-17,18-12-6-2-7-13-18)19-14-8-3-9-15-19/h1-15,20,22-23H,16H2. The Morgan fingerprint density at radius 1 is 0.708 bits per heavy atom. The van der Waals surface area contributed by atoms with E-state index in [1.165, 1.54) is 10.8 Å². The first kappa shape index (κ1) is 17.2. The fourth-order valence-electron chi connectivity index (χ4n) is 3.41. The first-order chi connectivity index (χ1) is 11.8. The van der Waals surface area contributed by atoms with Gasteiger partial charge >= 0.3 is 0 Å². The molecule has 0 spiro atoms. The maximum atomic E-state index is 10.2. The van der Waals surface area contributed by atoms with Gasteiger partial charge < -0.3 is 5.11 Å². The molecule has 0 radical (unpaired) electrons. The van der Waals surface area contributed by atoms with Crippen LogP contribution in [0, 0.1) is 0 Å². The van der Waals surface area contributed by atoms with Gasteiger partial charge in [-0.15, -0.1) is 11.7 Å². The van der Waals surface area contributed by atoms with Crippen LogP contribution in [0.3, 0.4) is 0 Å². The molecule has 3 aromatic rings. The van der Waals surface area contributed by atoms with Crippen LogP contribution in [0.1, 0.15) is 16.7 Å². The van der Waals surface area contributed by atoms with E-state index >= 15 is 0 Å². The zero-order valence-corrected chi connectivity index (χ0v) is 15.0. The molecule has 0 amide bonds. The lowest BCUT2D eigenvalue weighted by molar-refractivity contribution is 0.273. The summed E-state index contributed by atoms with van der Waals surface area (Å²) in [5.41, 5.74) is 3.00. The topological polar surface area (TPSA) is 20.2 Å². The molecule has 122 valence electrons. The molecule has 1 N–H and O–H groups in total. The minimum absolute atomic E-state index is 0.0346. The molecule has 0 bridgehead atoms. The molecule has 0 aromatic heterocycles. The first-order valence-electron chi connectivity index (χ1n) is 7.91. The van der Waals surface area contributed by atoms with Crippen molar-refractivity contribution in [2.24, 2.45) is 0 Å². The molecule has 0 fully saturated rings. The number of hydrogen-bond acceptors (Lipinski definition) is 3. The van der Waals surface area contributed by atoms with Gasteiger partial charge in [-0.3, -0.25) is 0 Å². The molecule has 0 aliphatic rings. The van der Waals surface area contributed by atoms with Crippen LogP contribution < -0.4 is 0 Å². The minimum atomic E-state index is -0.467. The van der Waals surface area contributed by atoms with Gasteiger partial charge in [-0.1, -0.05) is 102 Å². The molecule has 0 saturated heterocycles. The summed E-state index contributed by atoms with van der Waals surface area (Å²) < 4.78 is 0. The summed E-state index contributed by atoms with van der Waals surface area (Å²) in [6.07, 6.45) is 0. The van der Waals surface area contributed by atoms with Gasteiger partial charge in [-0.25, -0.2) is 0 Å². The van der Waals surface area contributed by atoms with Crippen LogP contribution in [0.4, 0.5) is 0 Å². The van der Waals surface area contributed by atoms with Crippen molar-refractivity contribution in [1.29, 1.82) is 0 Å². The van der Waals surface area contributed by atoms with E-state index in [0.717, 1.165) is 16.7 Å². The van der Waals surface area contributed by atoms with Gasteiger partial charge in [0, 0.05) is 0 Å². The Bertz CT molecular complexity index is 644. The molecule has 3 aromatic carbocycles. The van der Waals surface area contributed by atoms with Crippen LogP contribution in [0.15, 0.2) is 91.0 Å². The Kier molecular flexibility index (Phi) is 5.67. The maximum Gasteiger partial charge on any atom is 0.0600 e. The number of thiol groups is 1.